The van der Waals surface area contributed by atoms with Gasteiger partial charge >= 0.3 is 5.97 Å². The Labute approximate surface area is 129 Å². The van der Waals surface area contributed by atoms with Crippen LogP contribution in [0.4, 0.5) is 0 Å². The molecule has 4 heteroatoms. The van der Waals surface area contributed by atoms with Crippen LogP contribution in [0.15, 0.2) is 42.5 Å². The molecule has 2 aromatic carbocycles. The van der Waals surface area contributed by atoms with Crippen molar-refractivity contribution < 1.29 is 19.7 Å². The molecule has 0 saturated heterocycles. The summed E-state index contributed by atoms with van der Waals surface area (Å²) in [7, 11) is 0. The molecule has 0 fully saturated rings. The van der Waals surface area contributed by atoms with Gasteiger partial charge in [-0.25, -0.2) is 4.79 Å². The molecule has 0 bridgehead atoms. The molecule has 0 radical (unpaired) electrons. The van der Waals surface area contributed by atoms with E-state index in [0.29, 0.717) is 23.5 Å². The quantitative estimate of drug-likeness (QED) is 0.652. The molecule has 4 nitrogen and oxygen atoms in total. The van der Waals surface area contributed by atoms with Crippen LogP contribution in [0.5, 0.6) is 11.5 Å². The van der Waals surface area contributed by atoms with E-state index in [9.17, 15) is 15.0 Å². The van der Waals surface area contributed by atoms with Gasteiger partial charge in [0.05, 0.1) is 12.2 Å². The number of hydrogen-bond donors (Lipinski definition) is 2. The number of aliphatic carboxylic acids is 1. The molecule has 0 aromatic heterocycles. The van der Waals surface area contributed by atoms with Crippen LogP contribution in [0.3, 0.4) is 0 Å². The monoisotopic (exact) mass is 298 g/mol. The number of phenols is 1. The molecule has 0 aliphatic carbocycles. The third-order valence-electron chi connectivity index (χ3n) is 3.19. The van der Waals surface area contributed by atoms with Crippen LogP contribution in [0.1, 0.15) is 23.6 Å². The summed E-state index contributed by atoms with van der Waals surface area (Å²) >= 11 is 0. The van der Waals surface area contributed by atoms with Crippen molar-refractivity contribution in [1.29, 1.82) is 0 Å². The lowest BCUT2D eigenvalue weighted by molar-refractivity contribution is -0.130. The summed E-state index contributed by atoms with van der Waals surface area (Å²) < 4.78 is 5.31. The van der Waals surface area contributed by atoms with Gasteiger partial charge in [-0.3, -0.25) is 0 Å². The van der Waals surface area contributed by atoms with Crippen molar-refractivity contribution in [3.63, 3.8) is 0 Å². The van der Waals surface area contributed by atoms with Crippen molar-refractivity contribution in [2.24, 2.45) is 0 Å². The Bertz CT molecular complexity index is 700. The molecule has 2 rings (SSSR count). The smallest absolute Gasteiger partial charge is 0.336 e. The summed E-state index contributed by atoms with van der Waals surface area (Å²) in [6.07, 6.45) is 1.56. The van der Waals surface area contributed by atoms with Crippen molar-refractivity contribution in [3.05, 3.63) is 59.2 Å². The van der Waals surface area contributed by atoms with Crippen molar-refractivity contribution >= 4 is 17.6 Å². The maximum absolute atomic E-state index is 11.5. The van der Waals surface area contributed by atoms with Crippen LogP contribution in [-0.4, -0.2) is 22.8 Å². The van der Waals surface area contributed by atoms with E-state index in [1.54, 1.807) is 30.3 Å². The summed E-state index contributed by atoms with van der Waals surface area (Å²) in [5, 5.41) is 19.1. The number of carbonyl (C=O) groups is 1. The fourth-order valence-electron chi connectivity index (χ4n) is 2.06. The summed E-state index contributed by atoms with van der Waals surface area (Å²) in [5.41, 5.74) is 2.54. The lowest BCUT2D eigenvalue weighted by Crippen LogP contribution is -2.00. The maximum atomic E-state index is 11.5. The molecule has 114 valence electrons. The third kappa shape index (κ3) is 3.67. The lowest BCUT2D eigenvalue weighted by Gasteiger charge is -2.08. The largest absolute Gasteiger partial charge is 0.504 e. The average molecular weight is 298 g/mol. The van der Waals surface area contributed by atoms with Gasteiger partial charge in [-0.15, -0.1) is 0 Å². The molecular weight excluding hydrogens is 280 g/mol. The molecular formula is C18H18O4. The van der Waals surface area contributed by atoms with E-state index in [0.717, 1.165) is 5.56 Å². The highest BCUT2D eigenvalue weighted by molar-refractivity contribution is 6.20. The van der Waals surface area contributed by atoms with E-state index in [4.69, 9.17) is 4.74 Å². The SMILES string of the molecule is CCOc1cc(/C=C(\C(=O)O)c2ccc(C)cc2)ccc1O. The van der Waals surface area contributed by atoms with Crippen LogP contribution < -0.4 is 4.74 Å². The van der Waals surface area contributed by atoms with Gasteiger partial charge in [-0.1, -0.05) is 35.9 Å². The molecule has 0 unspecified atom stereocenters. The Balaban J connectivity index is 2.44. The van der Waals surface area contributed by atoms with Crippen molar-refractivity contribution in [2.75, 3.05) is 6.61 Å². The molecule has 0 aliphatic rings. The number of hydrogen-bond acceptors (Lipinski definition) is 3. The van der Waals surface area contributed by atoms with Crippen LogP contribution in [0.25, 0.3) is 11.6 Å². The first-order valence-corrected chi connectivity index (χ1v) is 6.99. The second-order valence-electron chi connectivity index (χ2n) is 4.89. The number of phenolic OH excluding ortho intramolecular Hbond substituents is 1. The molecule has 0 spiro atoms. The molecule has 0 saturated carbocycles. The second-order valence-corrected chi connectivity index (χ2v) is 4.89. The number of rotatable bonds is 5. The van der Waals surface area contributed by atoms with Gasteiger partial charge in [0.25, 0.3) is 0 Å². The fraction of sp³-hybridized carbons (Fsp3) is 0.167. The topological polar surface area (TPSA) is 66.8 Å². The molecule has 0 aliphatic heterocycles. The molecule has 0 heterocycles. The van der Waals surface area contributed by atoms with Gasteiger partial charge in [-0.05, 0) is 43.2 Å². The van der Waals surface area contributed by atoms with Crippen LogP contribution >= 0.6 is 0 Å². The predicted molar refractivity (Wildman–Crippen MR) is 86.0 cm³/mol. The predicted octanol–water partition coefficient (Wildman–Crippen LogP) is 3.72. The number of benzene rings is 2. The lowest BCUT2D eigenvalue weighted by atomic mass is 10.0. The highest BCUT2D eigenvalue weighted by atomic mass is 16.5. The third-order valence-corrected chi connectivity index (χ3v) is 3.19. The zero-order valence-corrected chi connectivity index (χ0v) is 12.5. The molecule has 0 atom stereocenters. The molecule has 2 N–H and O–H groups in total. The van der Waals surface area contributed by atoms with E-state index >= 15 is 0 Å². The highest BCUT2D eigenvalue weighted by Crippen LogP contribution is 2.29. The second kappa shape index (κ2) is 6.80. The van der Waals surface area contributed by atoms with E-state index in [1.807, 2.05) is 26.0 Å². The van der Waals surface area contributed by atoms with E-state index in [1.165, 1.54) is 6.07 Å². The minimum atomic E-state index is -1.00. The highest BCUT2D eigenvalue weighted by Gasteiger charge is 2.11. The number of aryl methyl sites for hydroxylation is 1. The average Bonchev–Trinajstić information content (AvgIpc) is 2.49. The van der Waals surface area contributed by atoms with Crippen molar-refractivity contribution in [2.45, 2.75) is 13.8 Å². The summed E-state index contributed by atoms with van der Waals surface area (Å²) in [6.45, 7) is 4.18. The van der Waals surface area contributed by atoms with Gasteiger partial charge in [-0.2, -0.15) is 0 Å². The first-order valence-electron chi connectivity index (χ1n) is 6.99. The van der Waals surface area contributed by atoms with Crippen LogP contribution in [-0.2, 0) is 4.79 Å². The first kappa shape index (κ1) is 15.6. The fourth-order valence-corrected chi connectivity index (χ4v) is 2.06. The Morgan fingerprint density at radius 2 is 1.86 bits per heavy atom. The van der Waals surface area contributed by atoms with Gasteiger partial charge < -0.3 is 14.9 Å². The van der Waals surface area contributed by atoms with Crippen LogP contribution in [0, 0.1) is 6.92 Å². The molecule has 0 amide bonds. The Hall–Kier alpha value is -2.75. The Morgan fingerprint density at radius 3 is 2.45 bits per heavy atom. The summed E-state index contributed by atoms with van der Waals surface area (Å²) in [4.78, 5) is 11.5. The number of carboxylic acid groups (broad SMARTS) is 1. The summed E-state index contributed by atoms with van der Waals surface area (Å²) in [5.74, 6) is -0.633. The Kier molecular flexibility index (Phi) is 4.84. The van der Waals surface area contributed by atoms with E-state index < -0.39 is 5.97 Å². The minimum Gasteiger partial charge on any atom is -0.504 e. The first-order chi connectivity index (χ1) is 10.5. The number of aromatic hydroxyl groups is 1. The van der Waals surface area contributed by atoms with Gasteiger partial charge in [0.15, 0.2) is 11.5 Å². The standard InChI is InChI=1S/C18H18O4/c1-3-22-17-11-13(6-9-16(17)19)10-15(18(20)21)14-7-4-12(2)5-8-14/h4-11,19H,3H2,1-2H3,(H,20,21)/b15-10-. The number of ether oxygens (including phenoxy) is 1. The van der Waals surface area contributed by atoms with E-state index in [-0.39, 0.29) is 11.3 Å². The zero-order chi connectivity index (χ0) is 16.1. The van der Waals surface area contributed by atoms with Crippen molar-refractivity contribution in [3.8, 4) is 11.5 Å². The number of carboxylic acids is 1. The van der Waals surface area contributed by atoms with Gasteiger partial charge in [0.1, 0.15) is 0 Å². The molecule has 2 aromatic rings. The summed E-state index contributed by atoms with van der Waals surface area (Å²) in [6, 6.07) is 12.1. The maximum Gasteiger partial charge on any atom is 0.336 e. The molecule has 22 heavy (non-hydrogen) atoms. The van der Waals surface area contributed by atoms with Crippen molar-refractivity contribution in [1.82, 2.24) is 0 Å². The van der Waals surface area contributed by atoms with E-state index in [2.05, 4.69) is 0 Å². The van der Waals surface area contributed by atoms with Crippen LogP contribution in [0.2, 0.25) is 0 Å². The van der Waals surface area contributed by atoms with Gasteiger partial charge in [0, 0.05) is 0 Å². The zero-order valence-electron chi connectivity index (χ0n) is 12.5. The Morgan fingerprint density at radius 1 is 1.18 bits per heavy atom. The normalized spacial score (nSPS) is 11.3. The minimum absolute atomic E-state index is 0.0335. The van der Waals surface area contributed by atoms with Gasteiger partial charge in [0.2, 0.25) is 0 Å².